The number of amides is 2. The lowest BCUT2D eigenvalue weighted by molar-refractivity contribution is 0.262. The molecule has 0 aliphatic heterocycles. The Balaban J connectivity index is 1.88. The van der Waals surface area contributed by atoms with E-state index < -0.39 is 6.03 Å². The lowest BCUT2D eigenvalue weighted by Gasteiger charge is -2.15. The van der Waals surface area contributed by atoms with Crippen LogP contribution in [0.5, 0.6) is 23.0 Å². The molecular weight excluding hydrogens is 362 g/mol. The summed E-state index contributed by atoms with van der Waals surface area (Å²) in [6, 6.07) is 10.1. The second-order valence-electron chi connectivity index (χ2n) is 5.74. The second kappa shape index (κ2) is 8.34. The number of ether oxygens (including phenoxy) is 4. The number of hydrogen-bond acceptors (Lipinski definition) is 6. The summed E-state index contributed by atoms with van der Waals surface area (Å²) in [6.45, 7) is 0. The van der Waals surface area contributed by atoms with Gasteiger partial charge >= 0.3 is 6.03 Å². The van der Waals surface area contributed by atoms with Crippen molar-refractivity contribution >= 4 is 28.3 Å². The first kappa shape index (κ1) is 19.1. The average molecular weight is 383 g/mol. The molecule has 0 saturated heterocycles. The number of anilines is 2. The zero-order chi connectivity index (χ0) is 20.1. The van der Waals surface area contributed by atoms with E-state index in [0.29, 0.717) is 39.9 Å². The molecular formula is C20H21N3O5. The van der Waals surface area contributed by atoms with E-state index in [1.807, 2.05) is 18.2 Å². The summed E-state index contributed by atoms with van der Waals surface area (Å²) < 4.78 is 21.2. The van der Waals surface area contributed by atoms with Crippen molar-refractivity contribution < 1.29 is 23.7 Å². The number of urea groups is 1. The Morgan fingerprint density at radius 2 is 1.61 bits per heavy atom. The third-order valence-corrected chi connectivity index (χ3v) is 4.08. The molecule has 0 radical (unpaired) electrons. The molecule has 3 rings (SSSR count). The first-order chi connectivity index (χ1) is 13.6. The van der Waals surface area contributed by atoms with Crippen LogP contribution in [0.15, 0.2) is 42.6 Å². The van der Waals surface area contributed by atoms with Crippen molar-refractivity contribution in [2.24, 2.45) is 0 Å². The number of carbonyl (C=O) groups is 1. The van der Waals surface area contributed by atoms with Gasteiger partial charge in [-0.1, -0.05) is 6.07 Å². The minimum absolute atomic E-state index is 0.436. The molecule has 3 aromatic rings. The number of fused-ring (bicyclic) bond motifs is 1. The van der Waals surface area contributed by atoms with E-state index in [0.717, 1.165) is 5.39 Å². The Morgan fingerprint density at radius 1 is 0.893 bits per heavy atom. The maximum absolute atomic E-state index is 12.6. The molecule has 146 valence electrons. The molecule has 0 fully saturated rings. The van der Waals surface area contributed by atoms with Crippen LogP contribution in [0.2, 0.25) is 0 Å². The molecule has 2 aromatic carbocycles. The maximum atomic E-state index is 12.6. The van der Waals surface area contributed by atoms with Gasteiger partial charge in [-0.3, -0.25) is 4.98 Å². The predicted molar refractivity (Wildman–Crippen MR) is 107 cm³/mol. The fourth-order valence-corrected chi connectivity index (χ4v) is 2.82. The smallest absolute Gasteiger partial charge is 0.323 e. The fraction of sp³-hybridized carbons (Fsp3) is 0.200. The minimum Gasteiger partial charge on any atom is -0.497 e. The summed E-state index contributed by atoms with van der Waals surface area (Å²) in [5.41, 5.74) is 1.66. The summed E-state index contributed by atoms with van der Waals surface area (Å²) in [5, 5.41) is 6.42. The Morgan fingerprint density at radius 3 is 2.21 bits per heavy atom. The summed E-state index contributed by atoms with van der Waals surface area (Å²) >= 11 is 0. The van der Waals surface area contributed by atoms with Gasteiger partial charge in [0.2, 0.25) is 5.75 Å². The van der Waals surface area contributed by atoms with Crippen molar-refractivity contribution in [3.05, 3.63) is 42.6 Å². The highest BCUT2D eigenvalue weighted by Crippen LogP contribution is 2.40. The first-order valence-corrected chi connectivity index (χ1v) is 8.40. The Hall–Kier alpha value is -3.68. The molecule has 0 aliphatic rings. The maximum Gasteiger partial charge on any atom is 0.323 e. The van der Waals surface area contributed by atoms with E-state index >= 15 is 0 Å². The standard InChI is InChI=1S/C20H21N3O5/c1-25-14-8-12-6-5-7-21-18(12)15(11-14)23-20(24)22-13-9-16(26-2)19(28-4)17(10-13)27-3/h5-11H,1-4H3,(H2,22,23,24). The normalized spacial score (nSPS) is 10.3. The monoisotopic (exact) mass is 383 g/mol. The lowest BCUT2D eigenvalue weighted by Crippen LogP contribution is -2.20. The molecule has 2 amide bonds. The SMILES string of the molecule is COc1cc(NC(=O)Nc2cc(OC)c(OC)c(OC)c2)c2ncccc2c1. The van der Waals surface area contributed by atoms with Gasteiger partial charge in [0.25, 0.3) is 0 Å². The number of pyridine rings is 1. The van der Waals surface area contributed by atoms with Crippen molar-refractivity contribution in [1.82, 2.24) is 4.98 Å². The average Bonchev–Trinajstić information content (AvgIpc) is 2.72. The quantitative estimate of drug-likeness (QED) is 0.671. The van der Waals surface area contributed by atoms with Gasteiger partial charge in [0.1, 0.15) is 5.75 Å². The number of nitrogens with zero attached hydrogens (tertiary/aromatic N) is 1. The number of aromatic nitrogens is 1. The van der Waals surface area contributed by atoms with E-state index in [1.165, 1.54) is 21.3 Å². The van der Waals surface area contributed by atoms with E-state index in [-0.39, 0.29) is 0 Å². The van der Waals surface area contributed by atoms with Gasteiger partial charge in [0.15, 0.2) is 11.5 Å². The number of methoxy groups -OCH3 is 4. The van der Waals surface area contributed by atoms with Crippen LogP contribution in [0.1, 0.15) is 0 Å². The molecule has 0 saturated carbocycles. The number of carbonyl (C=O) groups excluding carboxylic acids is 1. The molecule has 0 bridgehead atoms. The number of nitrogens with one attached hydrogen (secondary N) is 2. The van der Waals surface area contributed by atoms with Crippen LogP contribution in [0.25, 0.3) is 10.9 Å². The van der Waals surface area contributed by atoms with Crippen molar-refractivity contribution in [1.29, 1.82) is 0 Å². The van der Waals surface area contributed by atoms with E-state index in [1.54, 1.807) is 31.5 Å². The fourth-order valence-electron chi connectivity index (χ4n) is 2.82. The highest BCUT2D eigenvalue weighted by molar-refractivity contribution is 6.05. The van der Waals surface area contributed by atoms with Gasteiger partial charge in [-0.25, -0.2) is 4.79 Å². The topological polar surface area (TPSA) is 90.9 Å². The van der Waals surface area contributed by atoms with E-state index in [9.17, 15) is 4.79 Å². The molecule has 8 nitrogen and oxygen atoms in total. The molecule has 0 spiro atoms. The van der Waals surface area contributed by atoms with Crippen LogP contribution in [0.3, 0.4) is 0 Å². The van der Waals surface area contributed by atoms with Crippen molar-refractivity contribution in [2.75, 3.05) is 39.1 Å². The molecule has 0 atom stereocenters. The first-order valence-electron chi connectivity index (χ1n) is 8.40. The van der Waals surface area contributed by atoms with Crippen LogP contribution in [-0.2, 0) is 0 Å². The number of rotatable bonds is 6. The van der Waals surface area contributed by atoms with E-state index in [4.69, 9.17) is 18.9 Å². The highest BCUT2D eigenvalue weighted by Gasteiger charge is 2.15. The Labute approximate surface area is 162 Å². The van der Waals surface area contributed by atoms with Crippen LogP contribution >= 0.6 is 0 Å². The van der Waals surface area contributed by atoms with Crippen molar-refractivity contribution in [3.63, 3.8) is 0 Å². The van der Waals surface area contributed by atoms with Gasteiger partial charge in [-0.2, -0.15) is 0 Å². The Bertz CT molecular complexity index is 981. The van der Waals surface area contributed by atoms with Crippen LogP contribution in [-0.4, -0.2) is 39.5 Å². The second-order valence-corrected chi connectivity index (χ2v) is 5.74. The van der Waals surface area contributed by atoms with Crippen LogP contribution < -0.4 is 29.6 Å². The van der Waals surface area contributed by atoms with E-state index in [2.05, 4.69) is 15.6 Å². The number of benzene rings is 2. The predicted octanol–water partition coefficient (Wildman–Crippen LogP) is 3.91. The van der Waals surface area contributed by atoms with Gasteiger partial charge in [0, 0.05) is 29.8 Å². The molecule has 0 aliphatic carbocycles. The summed E-state index contributed by atoms with van der Waals surface area (Å²) in [4.78, 5) is 16.9. The number of hydrogen-bond donors (Lipinski definition) is 2. The molecule has 2 N–H and O–H groups in total. The zero-order valence-corrected chi connectivity index (χ0v) is 16.0. The van der Waals surface area contributed by atoms with Gasteiger partial charge in [-0.05, 0) is 12.1 Å². The molecule has 0 unspecified atom stereocenters. The van der Waals surface area contributed by atoms with Gasteiger partial charge in [-0.15, -0.1) is 0 Å². The summed E-state index contributed by atoms with van der Waals surface area (Å²) in [7, 11) is 6.10. The molecule has 8 heteroatoms. The highest BCUT2D eigenvalue weighted by atomic mass is 16.5. The minimum atomic E-state index is -0.450. The third-order valence-electron chi connectivity index (χ3n) is 4.08. The largest absolute Gasteiger partial charge is 0.497 e. The van der Waals surface area contributed by atoms with Crippen molar-refractivity contribution in [2.45, 2.75) is 0 Å². The zero-order valence-electron chi connectivity index (χ0n) is 16.0. The van der Waals surface area contributed by atoms with Crippen molar-refractivity contribution in [3.8, 4) is 23.0 Å². The third kappa shape index (κ3) is 3.85. The lowest BCUT2D eigenvalue weighted by atomic mass is 10.2. The molecule has 1 aromatic heterocycles. The molecule has 28 heavy (non-hydrogen) atoms. The van der Waals surface area contributed by atoms with Crippen LogP contribution in [0.4, 0.5) is 16.2 Å². The molecule has 1 heterocycles. The summed E-state index contributed by atoms with van der Waals surface area (Å²) in [6.07, 6.45) is 1.66. The van der Waals surface area contributed by atoms with Gasteiger partial charge in [0.05, 0.1) is 45.3 Å². The van der Waals surface area contributed by atoms with Crippen LogP contribution in [0, 0.1) is 0 Å². The summed E-state index contributed by atoms with van der Waals surface area (Å²) in [5.74, 6) is 1.93. The van der Waals surface area contributed by atoms with Gasteiger partial charge < -0.3 is 29.6 Å². The Kier molecular flexibility index (Phi) is 5.69.